The maximum absolute atomic E-state index is 12.3. The van der Waals surface area contributed by atoms with Crippen LogP contribution < -0.4 is 5.32 Å². The molecule has 0 spiro atoms. The molecule has 0 amide bonds. The Labute approximate surface area is 128 Å². The van der Waals surface area contributed by atoms with Crippen LogP contribution in [-0.4, -0.2) is 43.6 Å². The van der Waals surface area contributed by atoms with Gasteiger partial charge >= 0.3 is 0 Å². The van der Waals surface area contributed by atoms with Gasteiger partial charge in [0.2, 0.25) is 10.0 Å². The van der Waals surface area contributed by atoms with Gasteiger partial charge in [-0.2, -0.15) is 4.31 Å². The third-order valence-electron chi connectivity index (χ3n) is 3.41. The van der Waals surface area contributed by atoms with E-state index in [0.29, 0.717) is 19.5 Å². The molecule has 0 radical (unpaired) electrons. The molecule has 1 aliphatic rings. The zero-order chi connectivity index (χ0) is 13.9. The molecule has 1 heterocycles. The van der Waals surface area contributed by atoms with Gasteiger partial charge in [-0.15, -0.1) is 12.4 Å². The van der Waals surface area contributed by atoms with Crippen LogP contribution >= 0.6 is 12.4 Å². The number of nitrogens with zero attached hydrogens (tertiary/aromatic N) is 1. The van der Waals surface area contributed by atoms with Crippen molar-refractivity contribution in [2.24, 2.45) is 0 Å². The van der Waals surface area contributed by atoms with Crippen LogP contribution in [0.3, 0.4) is 0 Å². The van der Waals surface area contributed by atoms with E-state index in [0.717, 1.165) is 5.56 Å². The highest BCUT2D eigenvalue weighted by Crippen LogP contribution is 2.12. The fraction of sp³-hybridized carbons (Fsp3) is 0.571. The molecular formula is C14H23ClN2O2S. The van der Waals surface area contributed by atoms with E-state index in [1.165, 1.54) is 0 Å². The first-order valence-corrected chi connectivity index (χ1v) is 8.36. The summed E-state index contributed by atoms with van der Waals surface area (Å²) in [6.07, 6.45) is 0.579. The van der Waals surface area contributed by atoms with Crippen molar-refractivity contribution in [2.45, 2.75) is 32.4 Å². The number of nitrogens with one attached hydrogen (secondary N) is 1. The summed E-state index contributed by atoms with van der Waals surface area (Å²) in [4.78, 5) is 0. The fourth-order valence-corrected chi connectivity index (χ4v) is 4.18. The van der Waals surface area contributed by atoms with Gasteiger partial charge < -0.3 is 5.32 Å². The van der Waals surface area contributed by atoms with Gasteiger partial charge in [-0.3, -0.25) is 0 Å². The average molecular weight is 319 g/mol. The Morgan fingerprint density at radius 3 is 2.25 bits per heavy atom. The van der Waals surface area contributed by atoms with Crippen LogP contribution in [0.2, 0.25) is 0 Å². The first-order chi connectivity index (χ1) is 8.97. The quantitative estimate of drug-likeness (QED) is 0.918. The summed E-state index contributed by atoms with van der Waals surface area (Å²) in [5.74, 6) is 0.191. The van der Waals surface area contributed by atoms with Crippen LogP contribution in [0.4, 0.5) is 0 Å². The molecule has 0 saturated carbocycles. The summed E-state index contributed by atoms with van der Waals surface area (Å²) in [6.45, 7) is 5.19. The molecule has 1 saturated heterocycles. The van der Waals surface area contributed by atoms with Gasteiger partial charge in [0, 0.05) is 25.2 Å². The van der Waals surface area contributed by atoms with Crippen LogP contribution in [0.5, 0.6) is 0 Å². The molecule has 2 rings (SSSR count). The van der Waals surface area contributed by atoms with Gasteiger partial charge in [0.05, 0.1) is 5.75 Å². The lowest BCUT2D eigenvalue weighted by Crippen LogP contribution is -2.56. The summed E-state index contributed by atoms with van der Waals surface area (Å²) >= 11 is 0. The third kappa shape index (κ3) is 4.74. The largest absolute Gasteiger partial charge is 0.309 e. The SMILES string of the molecule is CC1CN(S(=O)(=O)CCc2ccccc2)CC(C)N1.Cl. The van der Waals surface area contributed by atoms with E-state index < -0.39 is 10.0 Å². The molecule has 0 aliphatic carbocycles. The Bertz CT molecular complexity index is 497. The van der Waals surface area contributed by atoms with Gasteiger partial charge in [-0.1, -0.05) is 30.3 Å². The smallest absolute Gasteiger partial charge is 0.214 e. The van der Waals surface area contributed by atoms with Crippen molar-refractivity contribution in [3.8, 4) is 0 Å². The minimum absolute atomic E-state index is 0. The van der Waals surface area contributed by atoms with E-state index in [4.69, 9.17) is 0 Å². The maximum atomic E-state index is 12.3. The van der Waals surface area contributed by atoms with Crippen molar-refractivity contribution in [1.29, 1.82) is 0 Å². The lowest BCUT2D eigenvalue weighted by Gasteiger charge is -2.35. The number of rotatable bonds is 4. The minimum Gasteiger partial charge on any atom is -0.309 e. The van der Waals surface area contributed by atoms with Crippen molar-refractivity contribution < 1.29 is 8.42 Å². The highest BCUT2D eigenvalue weighted by molar-refractivity contribution is 7.89. The van der Waals surface area contributed by atoms with Crippen LogP contribution in [0.15, 0.2) is 30.3 Å². The molecule has 1 aromatic rings. The number of hydrogen-bond acceptors (Lipinski definition) is 3. The molecule has 4 nitrogen and oxygen atoms in total. The fourth-order valence-electron chi connectivity index (χ4n) is 2.52. The van der Waals surface area contributed by atoms with E-state index in [1.54, 1.807) is 4.31 Å². The molecule has 0 aromatic heterocycles. The lowest BCUT2D eigenvalue weighted by molar-refractivity contribution is 0.263. The molecule has 6 heteroatoms. The van der Waals surface area contributed by atoms with Gasteiger partial charge in [-0.05, 0) is 25.8 Å². The summed E-state index contributed by atoms with van der Waals surface area (Å²) in [6, 6.07) is 10.2. The minimum atomic E-state index is -3.15. The van der Waals surface area contributed by atoms with Crippen LogP contribution in [0, 0.1) is 0 Å². The maximum Gasteiger partial charge on any atom is 0.214 e. The normalized spacial score (nSPS) is 24.1. The van der Waals surface area contributed by atoms with Crippen molar-refractivity contribution in [1.82, 2.24) is 9.62 Å². The van der Waals surface area contributed by atoms with E-state index in [2.05, 4.69) is 5.32 Å². The summed E-state index contributed by atoms with van der Waals surface area (Å²) in [7, 11) is -3.15. The van der Waals surface area contributed by atoms with Crippen LogP contribution in [0.1, 0.15) is 19.4 Å². The van der Waals surface area contributed by atoms with Crippen molar-refractivity contribution in [3.63, 3.8) is 0 Å². The number of benzene rings is 1. The number of hydrogen-bond donors (Lipinski definition) is 1. The Morgan fingerprint density at radius 1 is 1.15 bits per heavy atom. The van der Waals surface area contributed by atoms with Crippen LogP contribution in [0.25, 0.3) is 0 Å². The summed E-state index contributed by atoms with van der Waals surface area (Å²) < 4.78 is 26.3. The molecule has 1 aromatic carbocycles. The van der Waals surface area contributed by atoms with Crippen molar-refractivity contribution in [3.05, 3.63) is 35.9 Å². The number of sulfonamides is 1. The van der Waals surface area contributed by atoms with E-state index in [-0.39, 0.29) is 30.2 Å². The number of aryl methyl sites for hydroxylation is 1. The number of halogens is 1. The highest BCUT2D eigenvalue weighted by Gasteiger charge is 2.29. The molecule has 1 fully saturated rings. The molecule has 0 bridgehead atoms. The Morgan fingerprint density at radius 2 is 1.70 bits per heavy atom. The topological polar surface area (TPSA) is 49.4 Å². The zero-order valence-electron chi connectivity index (χ0n) is 12.0. The van der Waals surface area contributed by atoms with Gasteiger partial charge in [0.1, 0.15) is 0 Å². The summed E-state index contributed by atoms with van der Waals surface area (Å²) in [5.41, 5.74) is 1.07. The van der Waals surface area contributed by atoms with Crippen molar-refractivity contribution in [2.75, 3.05) is 18.8 Å². The molecule has 1 N–H and O–H groups in total. The van der Waals surface area contributed by atoms with Gasteiger partial charge in [-0.25, -0.2) is 8.42 Å². The third-order valence-corrected chi connectivity index (χ3v) is 5.21. The molecular weight excluding hydrogens is 296 g/mol. The molecule has 1 aliphatic heterocycles. The predicted octanol–water partition coefficient (Wildman–Crippen LogP) is 1.66. The van der Waals surface area contributed by atoms with E-state index >= 15 is 0 Å². The van der Waals surface area contributed by atoms with Crippen molar-refractivity contribution >= 4 is 22.4 Å². The van der Waals surface area contributed by atoms with Gasteiger partial charge in [0.15, 0.2) is 0 Å². The standard InChI is InChI=1S/C14H22N2O2S.ClH/c1-12-10-16(11-13(2)15-12)19(17,18)9-8-14-6-4-3-5-7-14;/h3-7,12-13,15H,8-11H2,1-2H3;1H. The Balaban J connectivity index is 0.00000200. The van der Waals surface area contributed by atoms with Gasteiger partial charge in [0.25, 0.3) is 0 Å². The second kappa shape index (κ2) is 7.41. The second-order valence-electron chi connectivity index (χ2n) is 5.34. The number of piperazine rings is 1. The Hall–Kier alpha value is -0.620. The molecule has 2 unspecified atom stereocenters. The molecule has 20 heavy (non-hydrogen) atoms. The molecule has 2 atom stereocenters. The highest BCUT2D eigenvalue weighted by atomic mass is 35.5. The first kappa shape index (κ1) is 17.4. The Kier molecular flexibility index (Phi) is 6.45. The predicted molar refractivity (Wildman–Crippen MR) is 84.8 cm³/mol. The second-order valence-corrected chi connectivity index (χ2v) is 7.43. The van der Waals surface area contributed by atoms with E-state index in [9.17, 15) is 8.42 Å². The molecule has 114 valence electrons. The zero-order valence-corrected chi connectivity index (χ0v) is 13.6. The average Bonchev–Trinajstić information content (AvgIpc) is 2.37. The van der Waals surface area contributed by atoms with E-state index in [1.807, 2.05) is 44.2 Å². The first-order valence-electron chi connectivity index (χ1n) is 6.75. The lowest BCUT2D eigenvalue weighted by atomic mass is 10.2. The summed E-state index contributed by atoms with van der Waals surface area (Å²) in [5, 5.41) is 3.35. The monoisotopic (exact) mass is 318 g/mol. The van der Waals surface area contributed by atoms with Crippen LogP contribution in [-0.2, 0) is 16.4 Å².